The molecule has 0 aliphatic heterocycles. The van der Waals surface area contributed by atoms with Gasteiger partial charge in [-0.2, -0.15) is 0 Å². The second kappa shape index (κ2) is 5.60. The maximum absolute atomic E-state index is 12.6. The number of aryl methyl sites for hydroxylation is 1. The largest absolute Gasteiger partial charge is 0.464 e. The number of benzene rings is 2. The molecule has 21 heavy (non-hydrogen) atoms. The molecule has 0 heterocycles. The zero-order chi connectivity index (χ0) is 14.7. The van der Waals surface area contributed by atoms with E-state index < -0.39 is 5.54 Å². The van der Waals surface area contributed by atoms with Crippen molar-refractivity contribution >= 4 is 11.7 Å². The Hall–Kier alpha value is -2.29. The van der Waals surface area contributed by atoms with E-state index in [9.17, 15) is 4.79 Å². The van der Waals surface area contributed by atoms with Crippen molar-refractivity contribution in [1.29, 1.82) is 0 Å². The SMILES string of the molecule is CCOC(=O)C1(Nc2ccccc2)CCc2ccccc21. The molecule has 3 heteroatoms. The van der Waals surface area contributed by atoms with Crippen molar-refractivity contribution in [2.24, 2.45) is 0 Å². The van der Waals surface area contributed by atoms with E-state index >= 15 is 0 Å². The van der Waals surface area contributed by atoms with E-state index in [1.807, 2.05) is 55.5 Å². The number of ether oxygens (including phenoxy) is 1. The Labute approximate surface area is 124 Å². The fourth-order valence-electron chi connectivity index (χ4n) is 3.03. The number of hydrogen-bond acceptors (Lipinski definition) is 3. The van der Waals surface area contributed by atoms with Crippen LogP contribution in [0, 0.1) is 0 Å². The van der Waals surface area contributed by atoms with Crippen LogP contribution >= 0.6 is 0 Å². The summed E-state index contributed by atoms with van der Waals surface area (Å²) in [6.45, 7) is 2.23. The molecule has 0 amide bonds. The average Bonchev–Trinajstić information content (AvgIpc) is 2.89. The molecule has 0 saturated heterocycles. The summed E-state index contributed by atoms with van der Waals surface area (Å²) in [4.78, 5) is 12.6. The molecule has 1 aliphatic rings. The van der Waals surface area contributed by atoms with Gasteiger partial charge in [0.1, 0.15) is 0 Å². The van der Waals surface area contributed by atoms with E-state index in [0.717, 1.165) is 24.1 Å². The van der Waals surface area contributed by atoms with Crippen LogP contribution in [0.15, 0.2) is 54.6 Å². The number of anilines is 1. The van der Waals surface area contributed by atoms with E-state index in [-0.39, 0.29) is 5.97 Å². The number of nitrogens with one attached hydrogen (secondary N) is 1. The first-order valence-corrected chi connectivity index (χ1v) is 7.35. The lowest BCUT2D eigenvalue weighted by molar-refractivity contribution is -0.149. The van der Waals surface area contributed by atoms with Crippen molar-refractivity contribution in [1.82, 2.24) is 0 Å². The first kappa shape index (κ1) is 13.7. The highest BCUT2D eigenvalue weighted by Gasteiger charge is 2.46. The Morgan fingerprint density at radius 1 is 1.14 bits per heavy atom. The minimum absolute atomic E-state index is 0.196. The lowest BCUT2D eigenvalue weighted by atomic mass is 9.91. The van der Waals surface area contributed by atoms with Gasteiger partial charge in [-0.15, -0.1) is 0 Å². The summed E-state index contributed by atoms with van der Waals surface area (Å²) in [5.74, 6) is -0.196. The second-order valence-electron chi connectivity index (χ2n) is 5.27. The quantitative estimate of drug-likeness (QED) is 0.872. The summed E-state index contributed by atoms with van der Waals surface area (Å²) in [5, 5.41) is 3.42. The Bertz CT molecular complexity index is 639. The van der Waals surface area contributed by atoms with Crippen LogP contribution in [0.5, 0.6) is 0 Å². The monoisotopic (exact) mass is 281 g/mol. The molecule has 0 bridgehead atoms. The van der Waals surface area contributed by atoms with Gasteiger partial charge in [0, 0.05) is 5.69 Å². The molecule has 108 valence electrons. The lowest BCUT2D eigenvalue weighted by Crippen LogP contribution is -2.43. The summed E-state index contributed by atoms with van der Waals surface area (Å²) in [6.07, 6.45) is 1.61. The molecule has 3 rings (SSSR count). The highest BCUT2D eigenvalue weighted by Crippen LogP contribution is 2.40. The van der Waals surface area contributed by atoms with E-state index in [4.69, 9.17) is 4.74 Å². The van der Waals surface area contributed by atoms with Crippen LogP contribution < -0.4 is 5.32 Å². The van der Waals surface area contributed by atoms with Gasteiger partial charge in [0.15, 0.2) is 5.54 Å². The van der Waals surface area contributed by atoms with Crippen LogP contribution in [-0.4, -0.2) is 12.6 Å². The third kappa shape index (κ3) is 2.40. The second-order valence-corrected chi connectivity index (χ2v) is 5.27. The Kier molecular flexibility index (Phi) is 3.65. The summed E-state index contributed by atoms with van der Waals surface area (Å²) in [5.41, 5.74) is 2.41. The van der Waals surface area contributed by atoms with Gasteiger partial charge in [-0.1, -0.05) is 42.5 Å². The number of rotatable bonds is 4. The van der Waals surface area contributed by atoms with Gasteiger partial charge in [-0.05, 0) is 43.0 Å². The van der Waals surface area contributed by atoms with Gasteiger partial charge in [0.2, 0.25) is 0 Å². The zero-order valence-electron chi connectivity index (χ0n) is 12.1. The number of fused-ring (bicyclic) bond motifs is 1. The van der Waals surface area contributed by atoms with Crippen LogP contribution in [-0.2, 0) is 21.5 Å². The van der Waals surface area contributed by atoms with Gasteiger partial charge in [0.25, 0.3) is 0 Å². The molecule has 0 fully saturated rings. The van der Waals surface area contributed by atoms with E-state index in [1.165, 1.54) is 5.56 Å². The van der Waals surface area contributed by atoms with Crippen LogP contribution in [0.1, 0.15) is 24.5 Å². The standard InChI is InChI=1S/C18H19NO2/c1-2-21-17(20)18(19-15-9-4-3-5-10-15)13-12-14-8-6-7-11-16(14)18/h3-11,19H,2,12-13H2,1H3. The topological polar surface area (TPSA) is 38.3 Å². The number of carbonyl (C=O) groups excluding carboxylic acids is 1. The highest BCUT2D eigenvalue weighted by molar-refractivity contribution is 5.88. The van der Waals surface area contributed by atoms with E-state index in [0.29, 0.717) is 6.61 Å². The minimum atomic E-state index is -0.770. The van der Waals surface area contributed by atoms with Crippen LogP contribution in [0.2, 0.25) is 0 Å². The number of para-hydroxylation sites is 1. The molecule has 0 spiro atoms. The van der Waals surface area contributed by atoms with Crippen LogP contribution in [0.3, 0.4) is 0 Å². The van der Waals surface area contributed by atoms with E-state index in [2.05, 4.69) is 11.4 Å². The molecule has 0 radical (unpaired) electrons. The smallest absolute Gasteiger partial charge is 0.336 e. The fourth-order valence-corrected chi connectivity index (χ4v) is 3.03. The Morgan fingerprint density at radius 3 is 2.62 bits per heavy atom. The molecule has 2 aromatic carbocycles. The molecule has 1 unspecified atom stereocenters. The maximum atomic E-state index is 12.6. The fraction of sp³-hybridized carbons (Fsp3) is 0.278. The van der Waals surface area contributed by atoms with Crippen molar-refractivity contribution in [2.75, 3.05) is 11.9 Å². The molecular weight excluding hydrogens is 262 g/mol. The van der Waals surface area contributed by atoms with Gasteiger partial charge in [0.05, 0.1) is 6.61 Å². The van der Waals surface area contributed by atoms with Gasteiger partial charge in [-0.25, -0.2) is 4.79 Å². The first-order valence-electron chi connectivity index (χ1n) is 7.35. The number of hydrogen-bond donors (Lipinski definition) is 1. The molecule has 0 saturated carbocycles. The van der Waals surface area contributed by atoms with E-state index in [1.54, 1.807) is 0 Å². The molecule has 2 aromatic rings. The minimum Gasteiger partial charge on any atom is -0.464 e. The maximum Gasteiger partial charge on any atom is 0.336 e. The van der Waals surface area contributed by atoms with Crippen LogP contribution in [0.25, 0.3) is 0 Å². The van der Waals surface area contributed by atoms with Gasteiger partial charge in [-0.3, -0.25) is 0 Å². The average molecular weight is 281 g/mol. The predicted molar refractivity (Wildman–Crippen MR) is 83.1 cm³/mol. The molecular formula is C18H19NO2. The predicted octanol–water partition coefficient (Wildman–Crippen LogP) is 3.50. The Morgan fingerprint density at radius 2 is 1.86 bits per heavy atom. The number of carbonyl (C=O) groups is 1. The highest BCUT2D eigenvalue weighted by atomic mass is 16.5. The van der Waals surface area contributed by atoms with Gasteiger partial charge < -0.3 is 10.1 Å². The van der Waals surface area contributed by atoms with Crippen molar-refractivity contribution in [3.8, 4) is 0 Å². The summed E-state index contributed by atoms with van der Waals surface area (Å²) in [6, 6.07) is 17.9. The third-order valence-electron chi connectivity index (χ3n) is 4.00. The van der Waals surface area contributed by atoms with Crippen molar-refractivity contribution < 1.29 is 9.53 Å². The molecule has 1 atom stereocenters. The summed E-state index contributed by atoms with van der Waals surface area (Å²) < 4.78 is 5.36. The number of esters is 1. The molecule has 0 aromatic heterocycles. The Balaban J connectivity index is 2.03. The van der Waals surface area contributed by atoms with Crippen molar-refractivity contribution in [3.05, 3.63) is 65.7 Å². The summed E-state index contributed by atoms with van der Waals surface area (Å²) >= 11 is 0. The van der Waals surface area contributed by atoms with Crippen molar-refractivity contribution in [2.45, 2.75) is 25.3 Å². The lowest BCUT2D eigenvalue weighted by Gasteiger charge is -2.30. The first-order chi connectivity index (χ1) is 10.3. The summed E-state index contributed by atoms with van der Waals surface area (Å²) in [7, 11) is 0. The van der Waals surface area contributed by atoms with Gasteiger partial charge >= 0.3 is 5.97 Å². The normalized spacial score (nSPS) is 19.9. The zero-order valence-corrected chi connectivity index (χ0v) is 12.1. The van der Waals surface area contributed by atoms with Crippen molar-refractivity contribution in [3.63, 3.8) is 0 Å². The molecule has 1 aliphatic carbocycles. The molecule has 1 N–H and O–H groups in total. The van der Waals surface area contributed by atoms with Crippen LogP contribution in [0.4, 0.5) is 5.69 Å². The third-order valence-corrected chi connectivity index (χ3v) is 4.00. The molecule has 3 nitrogen and oxygen atoms in total.